The first-order chi connectivity index (χ1) is 10.9. The highest BCUT2D eigenvalue weighted by Crippen LogP contribution is 2.15. The van der Waals surface area contributed by atoms with Gasteiger partial charge in [0.15, 0.2) is 0 Å². The van der Waals surface area contributed by atoms with Crippen molar-refractivity contribution < 1.29 is 18.1 Å². The zero-order chi connectivity index (χ0) is 17.6. The van der Waals surface area contributed by atoms with Crippen molar-refractivity contribution in [1.29, 1.82) is 0 Å². The SMILES string of the molecule is CCCCC(O)CCCCCCCCCCCC(C)S(=O)(=O)O. The molecule has 0 radical (unpaired) electrons. The van der Waals surface area contributed by atoms with Crippen molar-refractivity contribution in [2.75, 3.05) is 0 Å². The zero-order valence-electron chi connectivity index (χ0n) is 15.2. The van der Waals surface area contributed by atoms with Crippen LogP contribution in [-0.2, 0) is 10.1 Å². The second kappa shape index (κ2) is 14.2. The minimum atomic E-state index is -3.84. The second-order valence-electron chi connectivity index (χ2n) is 6.88. The lowest BCUT2D eigenvalue weighted by Gasteiger charge is -2.09. The molecule has 0 aromatic heterocycles. The highest BCUT2D eigenvalue weighted by Gasteiger charge is 2.15. The van der Waals surface area contributed by atoms with Gasteiger partial charge in [-0.25, -0.2) is 0 Å². The molecule has 2 N–H and O–H groups in total. The van der Waals surface area contributed by atoms with Gasteiger partial charge in [-0.1, -0.05) is 77.6 Å². The summed E-state index contributed by atoms with van der Waals surface area (Å²) < 4.78 is 30.6. The molecule has 0 saturated carbocycles. The summed E-state index contributed by atoms with van der Waals surface area (Å²) in [6.07, 6.45) is 15.0. The number of hydrogen-bond donors (Lipinski definition) is 2. The van der Waals surface area contributed by atoms with Crippen LogP contribution in [0.15, 0.2) is 0 Å². The van der Waals surface area contributed by atoms with E-state index >= 15 is 0 Å². The molecule has 0 heterocycles. The van der Waals surface area contributed by atoms with Gasteiger partial charge < -0.3 is 5.11 Å². The normalized spacial score (nSPS) is 14.8. The van der Waals surface area contributed by atoms with Crippen molar-refractivity contribution in [3.8, 4) is 0 Å². The Kier molecular flexibility index (Phi) is 14.2. The van der Waals surface area contributed by atoms with Crippen molar-refractivity contribution in [2.45, 2.75) is 115 Å². The monoisotopic (exact) mass is 350 g/mol. The van der Waals surface area contributed by atoms with Gasteiger partial charge in [-0.05, 0) is 26.2 Å². The van der Waals surface area contributed by atoms with Crippen molar-refractivity contribution >= 4 is 10.1 Å². The lowest BCUT2D eigenvalue weighted by atomic mass is 10.0. The van der Waals surface area contributed by atoms with E-state index in [9.17, 15) is 13.5 Å². The van der Waals surface area contributed by atoms with Crippen LogP contribution >= 0.6 is 0 Å². The van der Waals surface area contributed by atoms with Crippen LogP contribution in [-0.4, -0.2) is 29.4 Å². The van der Waals surface area contributed by atoms with E-state index in [1.807, 2.05) is 0 Å². The number of rotatable bonds is 16. The average Bonchev–Trinajstić information content (AvgIpc) is 2.49. The van der Waals surface area contributed by atoms with E-state index in [-0.39, 0.29) is 6.10 Å². The third-order valence-corrected chi connectivity index (χ3v) is 5.80. The fraction of sp³-hybridized carbons (Fsp3) is 1.00. The van der Waals surface area contributed by atoms with E-state index in [1.54, 1.807) is 6.92 Å². The molecular weight excluding hydrogens is 312 g/mol. The number of aliphatic hydroxyl groups excluding tert-OH is 1. The van der Waals surface area contributed by atoms with E-state index in [4.69, 9.17) is 4.55 Å². The molecule has 2 unspecified atom stereocenters. The first-order valence-corrected chi connectivity index (χ1v) is 11.0. The Morgan fingerprint density at radius 1 is 0.739 bits per heavy atom. The van der Waals surface area contributed by atoms with Gasteiger partial charge in [-0.2, -0.15) is 8.42 Å². The molecular formula is C18H38O4S. The molecule has 0 aliphatic rings. The molecule has 23 heavy (non-hydrogen) atoms. The summed E-state index contributed by atoms with van der Waals surface area (Å²) in [4.78, 5) is 0. The van der Waals surface area contributed by atoms with Gasteiger partial charge in [0, 0.05) is 0 Å². The van der Waals surface area contributed by atoms with Gasteiger partial charge in [0.1, 0.15) is 0 Å². The van der Waals surface area contributed by atoms with Crippen LogP contribution in [0, 0.1) is 0 Å². The van der Waals surface area contributed by atoms with E-state index in [0.29, 0.717) is 6.42 Å². The highest BCUT2D eigenvalue weighted by molar-refractivity contribution is 7.86. The molecule has 4 nitrogen and oxygen atoms in total. The molecule has 2 atom stereocenters. The Morgan fingerprint density at radius 3 is 1.57 bits per heavy atom. The van der Waals surface area contributed by atoms with Crippen LogP contribution in [0.2, 0.25) is 0 Å². The molecule has 0 aliphatic carbocycles. The van der Waals surface area contributed by atoms with E-state index in [0.717, 1.165) is 51.4 Å². The maximum atomic E-state index is 10.9. The zero-order valence-corrected chi connectivity index (χ0v) is 16.0. The summed E-state index contributed by atoms with van der Waals surface area (Å²) >= 11 is 0. The molecule has 0 spiro atoms. The van der Waals surface area contributed by atoms with Crippen molar-refractivity contribution in [3.05, 3.63) is 0 Å². The third kappa shape index (κ3) is 15.2. The Morgan fingerprint density at radius 2 is 1.13 bits per heavy atom. The van der Waals surface area contributed by atoms with E-state index in [2.05, 4.69) is 6.92 Å². The average molecular weight is 351 g/mol. The van der Waals surface area contributed by atoms with Crippen molar-refractivity contribution in [2.24, 2.45) is 0 Å². The molecule has 0 bridgehead atoms. The van der Waals surface area contributed by atoms with Gasteiger partial charge in [0.05, 0.1) is 11.4 Å². The van der Waals surface area contributed by atoms with Crippen LogP contribution in [0.3, 0.4) is 0 Å². The smallest absolute Gasteiger partial charge is 0.267 e. The first-order valence-electron chi connectivity index (χ1n) is 9.52. The molecule has 0 rings (SSSR count). The summed E-state index contributed by atoms with van der Waals surface area (Å²) in [5.74, 6) is 0. The summed E-state index contributed by atoms with van der Waals surface area (Å²) in [5, 5.41) is 9.11. The fourth-order valence-corrected chi connectivity index (χ4v) is 3.25. The Hall–Kier alpha value is -0.130. The lowest BCUT2D eigenvalue weighted by molar-refractivity contribution is 0.148. The summed E-state index contributed by atoms with van der Waals surface area (Å²) in [6, 6.07) is 0. The van der Waals surface area contributed by atoms with Gasteiger partial charge in [-0.15, -0.1) is 0 Å². The quantitative estimate of drug-likeness (QED) is 0.300. The molecule has 140 valence electrons. The Bertz CT molecular complexity index is 354. The first kappa shape index (κ1) is 22.9. The van der Waals surface area contributed by atoms with Crippen molar-refractivity contribution in [1.82, 2.24) is 0 Å². The third-order valence-electron chi connectivity index (χ3n) is 4.55. The van der Waals surface area contributed by atoms with Crippen LogP contribution in [0.4, 0.5) is 0 Å². The second-order valence-corrected chi connectivity index (χ2v) is 8.72. The van der Waals surface area contributed by atoms with Crippen LogP contribution in [0.5, 0.6) is 0 Å². The largest absolute Gasteiger partial charge is 0.393 e. The molecule has 5 heteroatoms. The number of hydrogen-bond acceptors (Lipinski definition) is 3. The fourth-order valence-electron chi connectivity index (χ4n) is 2.78. The minimum absolute atomic E-state index is 0.0972. The highest BCUT2D eigenvalue weighted by atomic mass is 32.2. The summed E-state index contributed by atoms with van der Waals surface area (Å²) in [5.41, 5.74) is 0. The predicted octanol–water partition coefficient (Wildman–Crippen LogP) is 5.10. The number of aliphatic hydroxyl groups is 1. The molecule has 0 amide bonds. The Labute approximate surface area is 143 Å². The van der Waals surface area contributed by atoms with Crippen LogP contribution < -0.4 is 0 Å². The predicted molar refractivity (Wildman–Crippen MR) is 97.3 cm³/mol. The molecule has 0 aromatic rings. The topological polar surface area (TPSA) is 74.6 Å². The standard InChI is InChI=1S/C18H38O4S/c1-3-4-15-18(19)16-13-11-9-7-5-6-8-10-12-14-17(2)23(20,21)22/h17-19H,3-16H2,1-2H3,(H,20,21,22). The van der Waals surface area contributed by atoms with Crippen molar-refractivity contribution in [3.63, 3.8) is 0 Å². The van der Waals surface area contributed by atoms with Gasteiger partial charge in [0.25, 0.3) is 10.1 Å². The maximum absolute atomic E-state index is 10.9. The summed E-state index contributed by atoms with van der Waals surface area (Å²) in [7, 11) is -3.84. The number of unbranched alkanes of at least 4 members (excludes halogenated alkanes) is 9. The minimum Gasteiger partial charge on any atom is -0.393 e. The lowest BCUT2D eigenvalue weighted by Crippen LogP contribution is -2.16. The van der Waals surface area contributed by atoms with E-state index in [1.165, 1.54) is 32.1 Å². The van der Waals surface area contributed by atoms with Gasteiger partial charge in [0.2, 0.25) is 0 Å². The Balaban J connectivity index is 3.25. The molecule has 0 aromatic carbocycles. The molecule has 0 saturated heterocycles. The maximum Gasteiger partial charge on any atom is 0.267 e. The van der Waals surface area contributed by atoms with Gasteiger partial charge in [-0.3, -0.25) is 4.55 Å². The van der Waals surface area contributed by atoms with Crippen LogP contribution in [0.1, 0.15) is 104 Å². The molecule has 0 aliphatic heterocycles. The molecule has 0 fully saturated rings. The van der Waals surface area contributed by atoms with Crippen LogP contribution in [0.25, 0.3) is 0 Å². The van der Waals surface area contributed by atoms with Gasteiger partial charge >= 0.3 is 0 Å². The van der Waals surface area contributed by atoms with E-state index < -0.39 is 15.4 Å². The summed E-state index contributed by atoms with van der Waals surface area (Å²) in [6.45, 7) is 3.72.